The summed E-state index contributed by atoms with van der Waals surface area (Å²) in [6.07, 6.45) is 0.802. The Morgan fingerprint density at radius 3 is 2.30 bits per heavy atom. The van der Waals surface area contributed by atoms with Crippen molar-refractivity contribution in [2.75, 3.05) is 0 Å². The summed E-state index contributed by atoms with van der Waals surface area (Å²) < 4.78 is 24.2. The molecule has 0 unspecified atom stereocenters. The summed E-state index contributed by atoms with van der Waals surface area (Å²) in [4.78, 5) is 25.3. The minimum absolute atomic E-state index is 0.144. The number of hydrogen-bond acceptors (Lipinski definition) is 4. The van der Waals surface area contributed by atoms with Gasteiger partial charge in [-0.15, -0.1) is 0 Å². The molecule has 2 aromatic rings. The number of carbonyl (C=O) groups is 2. The molecule has 0 aromatic heterocycles. The van der Waals surface area contributed by atoms with Crippen LogP contribution in [-0.4, -0.2) is 23.5 Å². The van der Waals surface area contributed by atoms with Gasteiger partial charge in [-0.2, -0.15) is 0 Å². The van der Waals surface area contributed by atoms with Crippen LogP contribution in [0, 0.1) is 5.82 Å². The molecule has 3 rings (SSSR count). The van der Waals surface area contributed by atoms with Crippen LogP contribution in [0.2, 0.25) is 0 Å². The number of esters is 1. The van der Waals surface area contributed by atoms with Crippen LogP contribution in [0.15, 0.2) is 54.6 Å². The SMILES string of the molecule is CC(C)(Oc1ccc(F)cc1)C(=O)O[C@H](C(=O)NC1CC1)c1ccccc1. The normalized spacial score (nSPS) is 14.9. The third-order valence-electron chi connectivity index (χ3n) is 4.17. The zero-order valence-corrected chi connectivity index (χ0v) is 15.3. The molecule has 2 aromatic carbocycles. The number of ether oxygens (including phenoxy) is 2. The van der Waals surface area contributed by atoms with Crippen molar-refractivity contribution in [3.63, 3.8) is 0 Å². The van der Waals surface area contributed by atoms with Gasteiger partial charge in [-0.05, 0) is 51.0 Å². The fourth-order valence-corrected chi connectivity index (χ4v) is 2.49. The molecule has 1 aliphatic carbocycles. The van der Waals surface area contributed by atoms with Gasteiger partial charge in [0.2, 0.25) is 6.10 Å². The Kier molecular flexibility index (Phi) is 5.44. The number of amides is 1. The highest BCUT2D eigenvalue weighted by molar-refractivity contribution is 5.87. The Balaban J connectivity index is 1.73. The molecule has 1 saturated carbocycles. The van der Waals surface area contributed by atoms with Crippen LogP contribution in [0.25, 0.3) is 0 Å². The maximum Gasteiger partial charge on any atom is 0.351 e. The van der Waals surface area contributed by atoms with E-state index in [9.17, 15) is 14.0 Å². The molecule has 5 nitrogen and oxygen atoms in total. The largest absolute Gasteiger partial charge is 0.476 e. The monoisotopic (exact) mass is 371 g/mol. The highest BCUT2D eigenvalue weighted by Gasteiger charge is 2.37. The van der Waals surface area contributed by atoms with E-state index in [1.807, 2.05) is 6.07 Å². The zero-order chi connectivity index (χ0) is 19.4. The molecule has 0 saturated heterocycles. The van der Waals surface area contributed by atoms with Crippen molar-refractivity contribution in [2.45, 2.75) is 44.4 Å². The predicted octanol–water partition coefficient (Wildman–Crippen LogP) is 3.55. The van der Waals surface area contributed by atoms with Gasteiger partial charge >= 0.3 is 5.97 Å². The zero-order valence-electron chi connectivity index (χ0n) is 15.3. The highest BCUT2D eigenvalue weighted by atomic mass is 19.1. The number of nitrogens with one attached hydrogen (secondary N) is 1. The molecule has 0 spiro atoms. The van der Waals surface area contributed by atoms with Gasteiger partial charge in [-0.3, -0.25) is 4.79 Å². The van der Waals surface area contributed by atoms with Crippen LogP contribution in [0.3, 0.4) is 0 Å². The lowest BCUT2D eigenvalue weighted by Crippen LogP contribution is -2.43. The quantitative estimate of drug-likeness (QED) is 0.756. The molecule has 1 fully saturated rings. The standard InChI is InChI=1S/C21H22FNO4/c1-21(2,27-17-12-8-15(22)9-13-17)20(25)26-18(14-6-4-3-5-7-14)19(24)23-16-10-11-16/h3-9,12-13,16,18H,10-11H2,1-2H3,(H,23,24)/t18-/m0/s1. The first kappa shape index (κ1) is 18.9. The van der Waals surface area contributed by atoms with Gasteiger partial charge in [0, 0.05) is 11.6 Å². The Labute approximate surface area is 157 Å². The topological polar surface area (TPSA) is 64.6 Å². The van der Waals surface area contributed by atoms with Crippen molar-refractivity contribution in [2.24, 2.45) is 0 Å². The molecule has 1 amide bonds. The van der Waals surface area contributed by atoms with Crippen molar-refractivity contribution < 1.29 is 23.5 Å². The lowest BCUT2D eigenvalue weighted by atomic mass is 10.1. The van der Waals surface area contributed by atoms with Crippen LogP contribution >= 0.6 is 0 Å². The van der Waals surface area contributed by atoms with Gasteiger partial charge in [0.15, 0.2) is 5.60 Å². The molecule has 1 atom stereocenters. The molecule has 6 heteroatoms. The molecule has 0 radical (unpaired) electrons. The molecule has 0 bridgehead atoms. The number of halogens is 1. The van der Waals surface area contributed by atoms with Gasteiger partial charge in [0.25, 0.3) is 5.91 Å². The Morgan fingerprint density at radius 1 is 1.07 bits per heavy atom. The van der Waals surface area contributed by atoms with Gasteiger partial charge in [0.1, 0.15) is 11.6 Å². The summed E-state index contributed by atoms with van der Waals surface area (Å²) in [7, 11) is 0. The highest BCUT2D eigenvalue weighted by Crippen LogP contribution is 2.26. The molecular weight excluding hydrogens is 349 g/mol. The van der Waals surface area contributed by atoms with E-state index >= 15 is 0 Å². The van der Waals surface area contributed by atoms with E-state index in [0.717, 1.165) is 12.8 Å². The van der Waals surface area contributed by atoms with Crippen LogP contribution in [0.4, 0.5) is 4.39 Å². The molecule has 27 heavy (non-hydrogen) atoms. The second-order valence-electron chi connectivity index (χ2n) is 7.05. The van der Waals surface area contributed by atoms with Gasteiger partial charge < -0.3 is 14.8 Å². The lowest BCUT2D eigenvalue weighted by molar-refractivity contribution is -0.169. The molecule has 0 heterocycles. The van der Waals surface area contributed by atoms with Gasteiger partial charge in [-0.1, -0.05) is 30.3 Å². The maximum absolute atomic E-state index is 13.0. The fraction of sp³-hybridized carbons (Fsp3) is 0.333. The number of hydrogen-bond donors (Lipinski definition) is 1. The third kappa shape index (κ3) is 5.06. The Bertz CT molecular complexity index is 801. The average Bonchev–Trinajstić information content (AvgIpc) is 3.45. The van der Waals surface area contributed by atoms with E-state index in [1.165, 1.54) is 24.3 Å². The Hall–Kier alpha value is -2.89. The van der Waals surface area contributed by atoms with Crippen molar-refractivity contribution in [1.82, 2.24) is 5.32 Å². The molecule has 0 aliphatic heterocycles. The predicted molar refractivity (Wildman–Crippen MR) is 97.5 cm³/mol. The summed E-state index contributed by atoms with van der Waals surface area (Å²) in [6.45, 7) is 3.08. The second kappa shape index (κ2) is 7.78. The minimum Gasteiger partial charge on any atom is -0.476 e. The van der Waals surface area contributed by atoms with E-state index in [1.54, 1.807) is 38.1 Å². The van der Waals surface area contributed by atoms with Gasteiger partial charge in [-0.25, -0.2) is 9.18 Å². The maximum atomic E-state index is 13.0. The Morgan fingerprint density at radius 2 is 1.70 bits per heavy atom. The van der Waals surface area contributed by atoms with E-state index < -0.39 is 23.5 Å². The van der Waals surface area contributed by atoms with E-state index in [4.69, 9.17) is 9.47 Å². The van der Waals surface area contributed by atoms with Gasteiger partial charge in [0.05, 0.1) is 0 Å². The summed E-state index contributed by atoms with van der Waals surface area (Å²) in [5.74, 6) is -1.11. The molecular formula is C21H22FNO4. The summed E-state index contributed by atoms with van der Waals surface area (Å²) in [5, 5.41) is 2.87. The summed E-state index contributed by atoms with van der Waals surface area (Å²) in [6, 6.07) is 14.3. The van der Waals surface area contributed by atoms with Crippen molar-refractivity contribution in [1.29, 1.82) is 0 Å². The van der Waals surface area contributed by atoms with Crippen molar-refractivity contribution >= 4 is 11.9 Å². The molecule has 142 valence electrons. The average molecular weight is 371 g/mol. The summed E-state index contributed by atoms with van der Waals surface area (Å²) in [5.41, 5.74) is -0.772. The second-order valence-corrected chi connectivity index (χ2v) is 7.05. The number of rotatable bonds is 7. The lowest BCUT2D eigenvalue weighted by Gasteiger charge is -2.27. The first-order valence-electron chi connectivity index (χ1n) is 8.86. The van der Waals surface area contributed by atoms with Crippen LogP contribution in [0.1, 0.15) is 38.4 Å². The first-order valence-corrected chi connectivity index (χ1v) is 8.86. The minimum atomic E-state index is -1.36. The molecule has 1 N–H and O–H groups in total. The van der Waals surface area contributed by atoms with E-state index in [-0.39, 0.29) is 11.9 Å². The van der Waals surface area contributed by atoms with E-state index in [0.29, 0.717) is 11.3 Å². The van der Waals surface area contributed by atoms with Crippen LogP contribution in [-0.2, 0) is 14.3 Å². The number of benzene rings is 2. The van der Waals surface area contributed by atoms with E-state index in [2.05, 4.69) is 5.32 Å². The first-order chi connectivity index (χ1) is 12.8. The van der Waals surface area contributed by atoms with Crippen molar-refractivity contribution in [3.8, 4) is 5.75 Å². The third-order valence-corrected chi connectivity index (χ3v) is 4.17. The smallest absolute Gasteiger partial charge is 0.351 e. The van der Waals surface area contributed by atoms with Crippen molar-refractivity contribution in [3.05, 3.63) is 66.0 Å². The van der Waals surface area contributed by atoms with Crippen LogP contribution < -0.4 is 10.1 Å². The fourth-order valence-electron chi connectivity index (χ4n) is 2.49. The number of carbonyl (C=O) groups excluding carboxylic acids is 2. The van der Waals surface area contributed by atoms with Crippen LogP contribution in [0.5, 0.6) is 5.75 Å². The summed E-state index contributed by atoms with van der Waals surface area (Å²) >= 11 is 0. The molecule has 1 aliphatic rings.